The Morgan fingerprint density at radius 1 is 1.29 bits per heavy atom. The molecule has 6 heteroatoms. The van der Waals surface area contributed by atoms with Gasteiger partial charge in [-0.3, -0.25) is 4.79 Å². The van der Waals surface area contributed by atoms with Crippen molar-refractivity contribution in [2.75, 3.05) is 19.8 Å². The molecule has 0 aliphatic heterocycles. The van der Waals surface area contributed by atoms with Gasteiger partial charge >= 0.3 is 0 Å². The number of halogens is 1. The average Bonchev–Trinajstić information content (AvgIpc) is 3.29. The van der Waals surface area contributed by atoms with Crippen LogP contribution in [0.1, 0.15) is 19.8 Å². The standard InChI is InChI=1S/C15H22N2O3.ClH/c1-2-19-12-5-7-13(8-6-12)20-10-15(18)17-9-14(16)11-3-4-11;/h5-8,11,14H,2-4,9-10,16H2,1H3,(H,17,18);1H. The molecule has 1 aromatic carbocycles. The van der Waals surface area contributed by atoms with Crippen LogP contribution in [0.5, 0.6) is 11.5 Å². The number of rotatable bonds is 8. The maximum absolute atomic E-state index is 11.6. The molecule has 0 bridgehead atoms. The van der Waals surface area contributed by atoms with Gasteiger partial charge in [0.1, 0.15) is 11.5 Å². The minimum atomic E-state index is -0.144. The minimum absolute atomic E-state index is 0. The van der Waals surface area contributed by atoms with E-state index in [0.29, 0.717) is 24.8 Å². The Balaban J connectivity index is 0.00000220. The van der Waals surface area contributed by atoms with E-state index in [1.54, 1.807) is 12.1 Å². The van der Waals surface area contributed by atoms with Crippen molar-refractivity contribution in [3.63, 3.8) is 0 Å². The van der Waals surface area contributed by atoms with Crippen molar-refractivity contribution < 1.29 is 14.3 Å². The molecule has 0 aromatic heterocycles. The van der Waals surface area contributed by atoms with Gasteiger partial charge in [0.25, 0.3) is 5.91 Å². The summed E-state index contributed by atoms with van der Waals surface area (Å²) in [7, 11) is 0. The van der Waals surface area contributed by atoms with Crippen LogP contribution in [-0.2, 0) is 4.79 Å². The Morgan fingerprint density at radius 2 is 1.86 bits per heavy atom. The van der Waals surface area contributed by atoms with Gasteiger partial charge in [0.2, 0.25) is 0 Å². The van der Waals surface area contributed by atoms with Crippen LogP contribution in [0.15, 0.2) is 24.3 Å². The molecule has 1 unspecified atom stereocenters. The first-order valence-corrected chi connectivity index (χ1v) is 7.07. The Morgan fingerprint density at radius 3 is 2.38 bits per heavy atom. The Hall–Kier alpha value is -1.46. The smallest absolute Gasteiger partial charge is 0.257 e. The number of nitrogens with one attached hydrogen (secondary N) is 1. The van der Waals surface area contributed by atoms with E-state index in [1.165, 1.54) is 12.8 Å². The fourth-order valence-corrected chi connectivity index (χ4v) is 1.92. The molecule has 3 N–H and O–H groups in total. The lowest BCUT2D eigenvalue weighted by Crippen LogP contribution is -2.40. The monoisotopic (exact) mass is 314 g/mol. The molecule has 0 heterocycles. The van der Waals surface area contributed by atoms with E-state index in [1.807, 2.05) is 19.1 Å². The number of ether oxygens (including phenoxy) is 2. The molecule has 1 aliphatic carbocycles. The number of hydrogen-bond donors (Lipinski definition) is 2. The zero-order valence-corrected chi connectivity index (χ0v) is 13.0. The lowest BCUT2D eigenvalue weighted by atomic mass is 10.2. The van der Waals surface area contributed by atoms with Gasteiger partial charge in [0.05, 0.1) is 6.61 Å². The second-order valence-corrected chi connectivity index (χ2v) is 5.00. The molecule has 1 aromatic rings. The van der Waals surface area contributed by atoms with Crippen LogP contribution in [0.2, 0.25) is 0 Å². The fourth-order valence-electron chi connectivity index (χ4n) is 1.92. The van der Waals surface area contributed by atoms with E-state index in [4.69, 9.17) is 15.2 Å². The van der Waals surface area contributed by atoms with E-state index in [-0.39, 0.29) is 31.0 Å². The minimum Gasteiger partial charge on any atom is -0.494 e. The number of nitrogens with two attached hydrogens (primary N) is 1. The van der Waals surface area contributed by atoms with Crippen LogP contribution in [0.3, 0.4) is 0 Å². The van der Waals surface area contributed by atoms with Crippen LogP contribution < -0.4 is 20.5 Å². The third kappa shape index (κ3) is 6.23. The SMILES string of the molecule is CCOc1ccc(OCC(=O)NCC(N)C2CC2)cc1.Cl. The summed E-state index contributed by atoms with van der Waals surface area (Å²) in [6.45, 7) is 3.09. The van der Waals surface area contributed by atoms with Crippen molar-refractivity contribution in [2.45, 2.75) is 25.8 Å². The number of carbonyl (C=O) groups is 1. The van der Waals surface area contributed by atoms with Gasteiger partial charge in [-0.1, -0.05) is 0 Å². The predicted octanol–water partition coefficient (Wildman–Crippen LogP) is 1.74. The molecular weight excluding hydrogens is 292 g/mol. The van der Waals surface area contributed by atoms with Crippen molar-refractivity contribution in [1.82, 2.24) is 5.32 Å². The van der Waals surface area contributed by atoms with Gasteiger partial charge in [0.15, 0.2) is 6.61 Å². The predicted molar refractivity (Wildman–Crippen MR) is 84.1 cm³/mol. The fraction of sp³-hybridized carbons (Fsp3) is 0.533. The van der Waals surface area contributed by atoms with Crippen molar-refractivity contribution in [3.05, 3.63) is 24.3 Å². The van der Waals surface area contributed by atoms with Crippen LogP contribution >= 0.6 is 12.4 Å². The first-order valence-electron chi connectivity index (χ1n) is 7.07. The first-order chi connectivity index (χ1) is 9.69. The van der Waals surface area contributed by atoms with E-state index < -0.39 is 0 Å². The Labute approximate surface area is 131 Å². The largest absolute Gasteiger partial charge is 0.494 e. The molecule has 0 saturated heterocycles. The van der Waals surface area contributed by atoms with Gasteiger partial charge in [-0.2, -0.15) is 0 Å². The summed E-state index contributed by atoms with van der Waals surface area (Å²) in [6, 6.07) is 7.28. The molecule has 1 atom stereocenters. The highest BCUT2D eigenvalue weighted by atomic mass is 35.5. The molecule has 1 amide bonds. The highest BCUT2D eigenvalue weighted by Crippen LogP contribution is 2.31. The summed E-state index contributed by atoms with van der Waals surface area (Å²) in [4.78, 5) is 11.6. The van der Waals surface area contributed by atoms with E-state index >= 15 is 0 Å². The van der Waals surface area contributed by atoms with Crippen LogP contribution in [0.25, 0.3) is 0 Å². The van der Waals surface area contributed by atoms with Gasteiger partial charge < -0.3 is 20.5 Å². The molecule has 5 nitrogen and oxygen atoms in total. The summed E-state index contributed by atoms with van der Waals surface area (Å²) in [6.07, 6.45) is 2.36. The first kappa shape index (κ1) is 17.6. The van der Waals surface area contributed by atoms with Crippen molar-refractivity contribution in [1.29, 1.82) is 0 Å². The Bertz CT molecular complexity index is 435. The van der Waals surface area contributed by atoms with E-state index in [0.717, 1.165) is 5.75 Å². The average molecular weight is 315 g/mol. The maximum atomic E-state index is 11.6. The van der Waals surface area contributed by atoms with Crippen molar-refractivity contribution in [3.8, 4) is 11.5 Å². The van der Waals surface area contributed by atoms with Gasteiger partial charge in [0, 0.05) is 12.6 Å². The van der Waals surface area contributed by atoms with Crippen LogP contribution in [0, 0.1) is 5.92 Å². The molecule has 1 aliphatic rings. The zero-order valence-electron chi connectivity index (χ0n) is 12.2. The zero-order chi connectivity index (χ0) is 14.4. The van der Waals surface area contributed by atoms with Crippen molar-refractivity contribution in [2.24, 2.45) is 11.7 Å². The maximum Gasteiger partial charge on any atom is 0.257 e. The highest BCUT2D eigenvalue weighted by molar-refractivity contribution is 5.85. The number of hydrogen-bond acceptors (Lipinski definition) is 4. The number of benzene rings is 1. The lowest BCUT2D eigenvalue weighted by Gasteiger charge is -2.12. The quantitative estimate of drug-likeness (QED) is 0.766. The summed E-state index contributed by atoms with van der Waals surface area (Å²) in [5, 5.41) is 2.79. The topological polar surface area (TPSA) is 73.6 Å². The summed E-state index contributed by atoms with van der Waals surface area (Å²) in [5.41, 5.74) is 5.91. The molecule has 0 spiro atoms. The molecule has 1 fully saturated rings. The molecule has 21 heavy (non-hydrogen) atoms. The van der Waals surface area contributed by atoms with Gasteiger partial charge in [-0.25, -0.2) is 0 Å². The second-order valence-electron chi connectivity index (χ2n) is 5.00. The Kier molecular flexibility index (Phi) is 7.32. The summed E-state index contributed by atoms with van der Waals surface area (Å²) < 4.78 is 10.7. The molecule has 2 rings (SSSR count). The molecule has 118 valence electrons. The third-order valence-corrected chi connectivity index (χ3v) is 3.27. The highest BCUT2D eigenvalue weighted by Gasteiger charge is 2.28. The summed E-state index contributed by atoms with van der Waals surface area (Å²) in [5.74, 6) is 1.88. The van der Waals surface area contributed by atoms with Gasteiger partial charge in [-0.05, 0) is 49.9 Å². The van der Waals surface area contributed by atoms with E-state index in [9.17, 15) is 4.79 Å². The third-order valence-electron chi connectivity index (χ3n) is 3.27. The normalized spacial score (nSPS) is 14.8. The van der Waals surface area contributed by atoms with E-state index in [2.05, 4.69) is 5.32 Å². The molecule has 1 saturated carbocycles. The number of carbonyl (C=O) groups excluding carboxylic acids is 1. The molecule has 0 radical (unpaired) electrons. The van der Waals surface area contributed by atoms with Crippen LogP contribution in [0.4, 0.5) is 0 Å². The van der Waals surface area contributed by atoms with Crippen molar-refractivity contribution >= 4 is 18.3 Å². The molecular formula is C15H23ClN2O3. The lowest BCUT2D eigenvalue weighted by molar-refractivity contribution is -0.123. The van der Waals surface area contributed by atoms with Crippen LogP contribution in [-0.4, -0.2) is 31.7 Å². The summed E-state index contributed by atoms with van der Waals surface area (Å²) >= 11 is 0. The number of amides is 1. The second kappa shape index (κ2) is 8.74. The van der Waals surface area contributed by atoms with Gasteiger partial charge in [-0.15, -0.1) is 12.4 Å².